The third-order valence-corrected chi connectivity index (χ3v) is 7.86. The van der Waals surface area contributed by atoms with Crippen LogP contribution in [0, 0.1) is 0 Å². The van der Waals surface area contributed by atoms with Crippen molar-refractivity contribution in [2.45, 2.75) is 25.9 Å². The van der Waals surface area contributed by atoms with Gasteiger partial charge in [-0.1, -0.05) is 35.3 Å². The van der Waals surface area contributed by atoms with Crippen molar-refractivity contribution in [3.8, 4) is 34.1 Å². The van der Waals surface area contributed by atoms with Crippen molar-refractivity contribution in [3.05, 3.63) is 82.8 Å². The Morgan fingerprint density at radius 1 is 0.558 bits per heavy atom. The van der Waals surface area contributed by atoms with Crippen molar-refractivity contribution in [3.63, 3.8) is 0 Å². The van der Waals surface area contributed by atoms with Gasteiger partial charge in [0.1, 0.15) is 23.0 Å². The summed E-state index contributed by atoms with van der Waals surface area (Å²) in [7, 11) is 5.89. The molecule has 0 fully saturated rings. The lowest BCUT2D eigenvalue weighted by molar-refractivity contribution is -0.127. The maximum Gasteiger partial charge on any atom is 0.258 e. The van der Waals surface area contributed by atoms with E-state index in [0.717, 1.165) is 0 Å². The molecule has 2 atom stereocenters. The molecule has 0 spiro atoms. The molecule has 2 N–H and O–H groups in total. The number of azo groups is 2. The first-order valence-electron chi connectivity index (χ1n) is 15.4. The molecule has 52 heavy (non-hydrogen) atoms. The first-order chi connectivity index (χ1) is 24.8. The van der Waals surface area contributed by atoms with E-state index in [0.29, 0.717) is 51.2 Å². The summed E-state index contributed by atoms with van der Waals surface area (Å²) in [5.74, 6) is -0.697. The molecule has 0 saturated carbocycles. The minimum Gasteiger partial charge on any atom is -0.497 e. The van der Waals surface area contributed by atoms with Crippen molar-refractivity contribution < 1.29 is 38.1 Å². The summed E-state index contributed by atoms with van der Waals surface area (Å²) >= 11 is 13.2. The molecule has 4 aromatic carbocycles. The molecule has 0 radical (unpaired) electrons. The van der Waals surface area contributed by atoms with E-state index < -0.39 is 35.5 Å². The SMILES string of the molecule is COc1cc(NC(=O)C(N=Nc2ccc(-c3c(Cl)cc(N=NC(C(C)=O)C(=O)Nc4cc(OC)cc(OC)c4)cc3Cl)cc2)C(C)=O)cc(OC)c1. The zero-order valence-electron chi connectivity index (χ0n) is 28.9. The zero-order valence-corrected chi connectivity index (χ0v) is 30.4. The number of ether oxygens (including phenoxy) is 4. The number of carbonyl (C=O) groups excluding carboxylic acids is 4. The van der Waals surface area contributed by atoms with Gasteiger partial charge in [0.2, 0.25) is 12.1 Å². The Bertz CT molecular complexity index is 1970. The number of rotatable bonds is 15. The molecule has 0 aromatic heterocycles. The minimum atomic E-state index is -1.46. The quantitative estimate of drug-likeness (QED) is 0.0905. The Morgan fingerprint density at radius 2 is 0.923 bits per heavy atom. The van der Waals surface area contributed by atoms with E-state index >= 15 is 0 Å². The lowest BCUT2D eigenvalue weighted by Crippen LogP contribution is -2.31. The number of nitrogens with zero attached hydrogens (tertiary/aromatic N) is 4. The van der Waals surface area contributed by atoms with E-state index in [9.17, 15) is 19.2 Å². The molecule has 2 amide bonds. The van der Waals surface area contributed by atoms with Gasteiger partial charge in [-0.05, 0) is 43.7 Å². The molecular weight excluding hydrogens is 715 g/mol. The van der Waals surface area contributed by atoms with Crippen LogP contribution in [0.5, 0.6) is 23.0 Å². The third kappa shape index (κ3) is 10.1. The Hall–Kier alpha value is -5.86. The van der Waals surface area contributed by atoms with Crippen LogP contribution in [-0.4, -0.2) is 63.9 Å². The highest BCUT2D eigenvalue weighted by atomic mass is 35.5. The van der Waals surface area contributed by atoms with Crippen LogP contribution in [-0.2, 0) is 19.2 Å². The standard InChI is InChI=1S/C36H34Cl2N6O8/c1-19(45)33(35(47)39-23-11-26(49-3)17-27(12-23)50-4)43-41-22-9-7-21(8-10-22)32-30(37)15-25(16-31(32)38)42-44-34(20(2)46)36(48)40-24-13-28(51-5)18-29(14-24)52-6/h7-18,33-34H,1-6H3,(H,39,47)(H,40,48). The summed E-state index contributed by atoms with van der Waals surface area (Å²) in [4.78, 5) is 50.5. The fourth-order valence-corrected chi connectivity index (χ4v) is 5.35. The molecule has 16 heteroatoms. The lowest BCUT2D eigenvalue weighted by Gasteiger charge is -2.12. The van der Waals surface area contributed by atoms with Crippen molar-refractivity contribution in [2.24, 2.45) is 20.5 Å². The Balaban J connectivity index is 1.48. The Morgan fingerprint density at radius 3 is 1.27 bits per heavy atom. The molecule has 14 nitrogen and oxygen atoms in total. The van der Waals surface area contributed by atoms with Gasteiger partial charge in [0.15, 0.2) is 11.6 Å². The molecule has 270 valence electrons. The van der Waals surface area contributed by atoms with Gasteiger partial charge in [-0.2, -0.15) is 20.5 Å². The molecule has 0 aliphatic heterocycles. The zero-order chi connectivity index (χ0) is 37.9. The number of methoxy groups -OCH3 is 4. The highest BCUT2D eigenvalue weighted by molar-refractivity contribution is 6.39. The molecule has 2 unspecified atom stereocenters. The van der Waals surface area contributed by atoms with Crippen LogP contribution in [0.1, 0.15) is 13.8 Å². The number of nitrogens with one attached hydrogen (secondary N) is 2. The number of amides is 2. The van der Waals surface area contributed by atoms with Crippen LogP contribution in [0.15, 0.2) is 93.3 Å². The molecule has 0 aliphatic carbocycles. The fourth-order valence-electron chi connectivity index (χ4n) is 4.65. The lowest BCUT2D eigenvalue weighted by atomic mass is 10.0. The second kappa shape index (κ2) is 17.9. The van der Waals surface area contributed by atoms with Gasteiger partial charge in [0.25, 0.3) is 11.8 Å². The number of benzene rings is 4. The molecule has 0 heterocycles. The van der Waals surface area contributed by atoms with Crippen molar-refractivity contribution in [1.29, 1.82) is 0 Å². The average Bonchev–Trinajstić information content (AvgIpc) is 3.11. The second-order valence-corrected chi connectivity index (χ2v) is 11.8. The normalized spacial score (nSPS) is 12.2. The van der Waals surface area contributed by atoms with Gasteiger partial charge >= 0.3 is 0 Å². The van der Waals surface area contributed by atoms with Crippen LogP contribution < -0.4 is 29.6 Å². The van der Waals surface area contributed by atoms with E-state index in [1.807, 2.05) is 0 Å². The topological polar surface area (TPSA) is 179 Å². The predicted octanol–water partition coefficient (Wildman–Crippen LogP) is 8.05. The first kappa shape index (κ1) is 38.9. The monoisotopic (exact) mass is 748 g/mol. The van der Waals surface area contributed by atoms with Gasteiger partial charge in [0.05, 0.1) is 49.9 Å². The number of anilines is 2. The van der Waals surface area contributed by atoms with Gasteiger partial charge in [-0.15, -0.1) is 0 Å². The molecule has 4 rings (SSSR count). The number of halogens is 2. The van der Waals surface area contributed by atoms with E-state index in [1.54, 1.807) is 60.7 Å². The number of Topliss-reactive ketones (excluding diaryl/α,β-unsaturated/α-hetero) is 2. The maximum absolute atomic E-state index is 13.0. The summed E-state index contributed by atoms with van der Waals surface area (Å²) in [6, 6.07) is 16.2. The summed E-state index contributed by atoms with van der Waals surface area (Å²) < 4.78 is 20.9. The second-order valence-electron chi connectivity index (χ2n) is 11.0. The number of carbonyl (C=O) groups is 4. The van der Waals surface area contributed by atoms with Crippen LogP contribution >= 0.6 is 23.2 Å². The summed E-state index contributed by atoms with van der Waals surface area (Å²) in [5.41, 5.74) is 2.31. The smallest absolute Gasteiger partial charge is 0.258 e. The Labute approximate surface area is 309 Å². The van der Waals surface area contributed by atoms with Gasteiger partial charge in [0, 0.05) is 53.3 Å². The van der Waals surface area contributed by atoms with Crippen LogP contribution in [0.25, 0.3) is 11.1 Å². The molecule has 0 aliphatic rings. The summed E-state index contributed by atoms with van der Waals surface area (Å²) in [6.07, 6.45) is 0. The van der Waals surface area contributed by atoms with Gasteiger partial charge in [-0.25, -0.2) is 0 Å². The number of hydrogen-bond acceptors (Lipinski definition) is 12. The minimum absolute atomic E-state index is 0.201. The van der Waals surface area contributed by atoms with E-state index in [4.69, 9.17) is 42.1 Å². The molecule has 0 bridgehead atoms. The maximum atomic E-state index is 13.0. The first-order valence-corrected chi connectivity index (χ1v) is 16.1. The van der Waals surface area contributed by atoms with Gasteiger partial charge < -0.3 is 29.6 Å². The van der Waals surface area contributed by atoms with Crippen LogP contribution in [0.3, 0.4) is 0 Å². The highest BCUT2D eigenvalue weighted by Crippen LogP contribution is 2.39. The van der Waals surface area contributed by atoms with E-state index in [2.05, 4.69) is 31.1 Å². The number of hydrogen-bond donors (Lipinski definition) is 2. The van der Waals surface area contributed by atoms with Crippen LogP contribution in [0.4, 0.5) is 22.7 Å². The van der Waals surface area contributed by atoms with Gasteiger partial charge in [-0.3, -0.25) is 19.2 Å². The number of ketones is 2. The third-order valence-electron chi connectivity index (χ3n) is 7.26. The Kier molecular flexibility index (Phi) is 13.4. The molecule has 0 saturated heterocycles. The van der Waals surface area contributed by atoms with E-state index in [1.165, 1.54) is 54.4 Å². The van der Waals surface area contributed by atoms with Crippen molar-refractivity contribution in [2.75, 3.05) is 39.1 Å². The van der Waals surface area contributed by atoms with Crippen LogP contribution in [0.2, 0.25) is 10.0 Å². The summed E-state index contributed by atoms with van der Waals surface area (Å²) in [5, 5.41) is 21.8. The summed E-state index contributed by atoms with van der Waals surface area (Å²) in [6.45, 7) is 2.46. The van der Waals surface area contributed by atoms with E-state index in [-0.39, 0.29) is 15.7 Å². The largest absolute Gasteiger partial charge is 0.497 e. The molecule has 4 aromatic rings. The van der Waals surface area contributed by atoms with Crippen molar-refractivity contribution in [1.82, 2.24) is 0 Å². The molecular formula is C36H34Cl2N6O8. The predicted molar refractivity (Wildman–Crippen MR) is 196 cm³/mol. The highest BCUT2D eigenvalue weighted by Gasteiger charge is 2.25. The average molecular weight is 750 g/mol. The fraction of sp³-hybridized carbons (Fsp3) is 0.222. The van der Waals surface area contributed by atoms with Crippen molar-refractivity contribution >= 4 is 69.3 Å².